The Morgan fingerprint density at radius 3 is 2.52 bits per heavy atom. The number of likely N-dealkylation sites (tertiary alicyclic amines) is 1. The van der Waals surface area contributed by atoms with Gasteiger partial charge in [0.2, 0.25) is 0 Å². The van der Waals surface area contributed by atoms with Crippen LogP contribution in [0.4, 0.5) is 0 Å². The van der Waals surface area contributed by atoms with Gasteiger partial charge in [-0.15, -0.1) is 24.0 Å². The third kappa shape index (κ3) is 6.50. The molecule has 0 atom stereocenters. The molecule has 2 N–H and O–H groups in total. The monoisotopic (exact) mass is 488 g/mol. The van der Waals surface area contributed by atoms with Gasteiger partial charge in [0.1, 0.15) is 12.4 Å². The number of aliphatic imine (C=N–C) groups is 1. The molecule has 0 saturated carbocycles. The quantitative estimate of drug-likeness (QED) is 0.268. The highest BCUT2D eigenvalue weighted by Gasteiger charge is 2.39. The van der Waals surface area contributed by atoms with Crippen LogP contribution in [0.3, 0.4) is 0 Å². The molecule has 2 aliphatic rings. The van der Waals surface area contributed by atoms with E-state index in [9.17, 15) is 0 Å². The van der Waals surface area contributed by atoms with E-state index in [4.69, 9.17) is 9.47 Å². The Bertz CT molecular complexity index is 558. The van der Waals surface area contributed by atoms with E-state index in [1.165, 1.54) is 25.9 Å². The predicted octanol–water partition coefficient (Wildman–Crippen LogP) is 2.49. The maximum absolute atomic E-state index is 5.73. The summed E-state index contributed by atoms with van der Waals surface area (Å²) in [6, 6.07) is 9.89. The number of nitrogens with zero attached hydrogens (tertiary/aromatic N) is 2. The molecule has 2 aliphatic heterocycles. The second kappa shape index (κ2) is 11.7. The van der Waals surface area contributed by atoms with Gasteiger partial charge in [0.25, 0.3) is 0 Å². The van der Waals surface area contributed by atoms with E-state index in [0.717, 1.165) is 44.3 Å². The molecule has 1 aromatic carbocycles. The molecule has 27 heavy (non-hydrogen) atoms. The van der Waals surface area contributed by atoms with Gasteiger partial charge in [-0.3, -0.25) is 9.89 Å². The summed E-state index contributed by atoms with van der Waals surface area (Å²) in [7, 11) is 1.82. The molecule has 0 bridgehead atoms. The van der Waals surface area contributed by atoms with Gasteiger partial charge in [0.15, 0.2) is 5.96 Å². The van der Waals surface area contributed by atoms with Crippen LogP contribution in [-0.2, 0) is 4.74 Å². The van der Waals surface area contributed by atoms with Crippen molar-refractivity contribution in [1.29, 1.82) is 0 Å². The average Bonchev–Trinajstić information content (AvgIpc) is 3.24. The molecule has 0 aliphatic carbocycles. The molecule has 0 spiro atoms. The van der Waals surface area contributed by atoms with Gasteiger partial charge in [-0.25, -0.2) is 0 Å². The minimum Gasteiger partial charge on any atom is -0.492 e. The number of nitrogens with one attached hydrogen (secondary N) is 2. The second-order valence-corrected chi connectivity index (χ2v) is 7.04. The van der Waals surface area contributed by atoms with Crippen molar-refractivity contribution in [2.45, 2.75) is 31.2 Å². The maximum Gasteiger partial charge on any atom is 0.191 e. The van der Waals surface area contributed by atoms with Crippen LogP contribution in [0.25, 0.3) is 0 Å². The van der Waals surface area contributed by atoms with Crippen LogP contribution in [0, 0.1) is 0 Å². The summed E-state index contributed by atoms with van der Waals surface area (Å²) in [6.45, 7) is 6.36. The smallest absolute Gasteiger partial charge is 0.191 e. The van der Waals surface area contributed by atoms with Crippen LogP contribution in [0.15, 0.2) is 35.3 Å². The first kappa shape index (κ1) is 22.2. The Kier molecular flexibility index (Phi) is 9.64. The zero-order valence-electron chi connectivity index (χ0n) is 16.3. The third-order valence-corrected chi connectivity index (χ3v) is 5.42. The molecule has 7 heteroatoms. The first-order chi connectivity index (χ1) is 12.8. The van der Waals surface area contributed by atoms with E-state index in [0.29, 0.717) is 13.2 Å². The number of benzene rings is 1. The molecule has 152 valence electrons. The molecular formula is C20H33IN4O2. The summed E-state index contributed by atoms with van der Waals surface area (Å²) in [5.74, 6) is 1.74. The summed E-state index contributed by atoms with van der Waals surface area (Å²) >= 11 is 0. The molecule has 0 amide bonds. The summed E-state index contributed by atoms with van der Waals surface area (Å²) in [5.41, 5.74) is 0.201. The van der Waals surface area contributed by atoms with Crippen molar-refractivity contribution < 1.29 is 9.47 Å². The van der Waals surface area contributed by atoms with Crippen molar-refractivity contribution in [3.63, 3.8) is 0 Å². The van der Waals surface area contributed by atoms with Gasteiger partial charge in [0.05, 0.1) is 6.54 Å². The Labute approximate surface area is 180 Å². The van der Waals surface area contributed by atoms with Crippen molar-refractivity contribution in [3.05, 3.63) is 30.3 Å². The summed E-state index contributed by atoms with van der Waals surface area (Å²) < 4.78 is 11.3. The Balaban J connectivity index is 0.00000261. The van der Waals surface area contributed by atoms with Crippen molar-refractivity contribution >= 4 is 29.9 Å². The second-order valence-electron chi connectivity index (χ2n) is 7.04. The van der Waals surface area contributed by atoms with E-state index in [-0.39, 0.29) is 29.5 Å². The molecule has 2 heterocycles. The van der Waals surface area contributed by atoms with E-state index in [2.05, 4.69) is 20.5 Å². The highest BCUT2D eigenvalue weighted by atomic mass is 127. The lowest BCUT2D eigenvalue weighted by atomic mass is 9.88. The minimum atomic E-state index is 0. The molecule has 0 aromatic heterocycles. The van der Waals surface area contributed by atoms with Gasteiger partial charge >= 0.3 is 0 Å². The third-order valence-electron chi connectivity index (χ3n) is 5.42. The fraction of sp³-hybridized carbons (Fsp3) is 0.650. The van der Waals surface area contributed by atoms with Crippen LogP contribution in [0.1, 0.15) is 25.7 Å². The Morgan fingerprint density at radius 2 is 1.85 bits per heavy atom. The van der Waals surface area contributed by atoms with Gasteiger partial charge in [-0.05, 0) is 50.9 Å². The van der Waals surface area contributed by atoms with Gasteiger partial charge in [-0.1, -0.05) is 18.2 Å². The molecule has 1 aromatic rings. The SMILES string of the molecule is CN=C(NCCOc1ccccc1)NCC1(N2CCCC2)CCOCC1.I. The number of hydrogen-bond acceptors (Lipinski definition) is 4. The number of halogens is 1. The molecule has 2 fully saturated rings. The topological polar surface area (TPSA) is 58.1 Å². The molecule has 0 unspecified atom stereocenters. The lowest BCUT2D eigenvalue weighted by molar-refractivity contribution is -0.0164. The van der Waals surface area contributed by atoms with Crippen molar-refractivity contribution in [1.82, 2.24) is 15.5 Å². The van der Waals surface area contributed by atoms with Crippen molar-refractivity contribution in [3.8, 4) is 5.75 Å². The standard InChI is InChI=1S/C20H32N4O2.HI/c1-21-19(22-11-16-26-18-7-3-2-4-8-18)23-17-20(9-14-25-15-10-20)24-12-5-6-13-24;/h2-4,7-8H,5-6,9-17H2,1H3,(H2,21,22,23);1H. The lowest BCUT2D eigenvalue weighted by Gasteiger charge is -2.45. The van der Waals surface area contributed by atoms with Crippen LogP contribution in [0.5, 0.6) is 5.75 Å². The van der Waals surface area contributed by atoms with Crippen LogP contribution < -0.4 is 15.4 Å². The van der Waals surface area contributed by atoms with Crippen molar-refractivity contribution in [2.24, 2.45) is 4.99 Å². The molecule has 3 rings (SSSR count). The van der Waals surface area contributed by atoms with Gasteiger partial charge in [-0.2, -0.15) is 0 Å². The average molecular weight is 488 g/mol. The summed E-state index contributed by atoms with van der Waals surface area (Å²) in [4.78, 5) is 7.02. The van der Waals surface area contributed by atoms with Crippen LogP contribution >= 0.6 is 24.0 Å². The fourth-order valence-corrected chi connectivity index (χ4v) is 3.87. The zero-order valence-corrected chi connectivity index (χ0v) is 18.6. The number of hydrogen-bond donors (Lipinski definition) is 2. The number of rotatable bonds is 7. The number of guanidine groups is 1. The van der Waals surface area contributed by atoms with Crippen LogP contribution in [-0.4, -0.2) is 69.4 Å². The largest absolute Gasteiger partial charge is 0.492 e. The summed E-state index contributed by atoms with van der Waals surface area (Å²) in [6.07, 6.45) is 4.81. The first-order valence-corrected chi connectivity index (χ1v) is 9.78. The first-order valence-electron chi connectivity index (χ1n) is 9.78. The van der Waals surface area contributed by atoms with E-state index in [1.807, 2.05) is 37.4 Å². The summed E-state index contributed by atoms with van der Waals surface area (Å²) in [5, 5.41) is 6.89. The number of para-hydroxylation sites is 1. The van der Waals surface area contributed by atoms with E-state index < -0.39 is 0 Å². The van der Waals surface area contributed by atoms with Crippen LogP contribution in [0.2, 0.25) is 0 Å². The van der Waals surface area contributed by atoms with Gasteiger partial charge < -0.3 is 20.1 Å². The molecule has 2 saturated heterocycles. The Morgan fingerprint density at radius 1 is 1.15 bits per heavy atom. The minimum absolute atomic E-state index is 0. The Hall–Kier alpha value is -1.06. The molecule has 0 radical (unpaired) electrons. The fourth-order valence-electron chi connectivity index (χ4n) is 3.87. The molecule has 6 nitrogen and oxygen atoms in total. The van der Waals surface area contributed by atoms with E-state index >= 15 is 0 Å². The highest BCUT2D eigenvalue weighted by molar-refractivity contribution is 14.0. The molecular weight excluding hydrogens is 455 g/mol. The maximum atomic E-state index is 5.73. The highest BCUT2D eigenvalue weighted by Crippen LogP contribution is 2.30. The zero-order chi connectivity index (χ0) is 18.1. The lowest BCUT2D eigenvalue weighted by Crippen LogP contribution is -2.58. The normalized spacial score (nSPS) is 20.0. The van der Waals surface area contributed by atoms with E-state index in [1.54, 1.807) is 0 Å². The predicted molar refractivity (Wildman–Crippen MR) is 120 cm³/mol. The van der Waals surface area contributed by atoms with Crippen molar-refractivity contribution in [2.75, 3.05) is 53.0 Å². The van der Waals surface area contributed by atoms with Gasteiger partial charge in [0, 0.05) is 32.3 Å². The number of ether oxygens (including phenoxy) is 2.